The van der Waals surface area contributed by atoms with E-state index in [9.17, 15) is 0 Å². The summed E-state index contributed by atoms with van der Waals surface area (Å²) >= 11 is 0. The molecule has 21 heavy (non-hydrogen) atoms. The molecule has 4 rings (SSSR count). The summed E-state index contributed by atoms with van der Waals surface area (Å²) in [6.07, 6.45) is 4.82. The fraction of sp³-hybridized carbons (Fsp3) is 0.250. The Bertz CT molecular complexity index is 787. The van der Waals surface area contributed by atoms with Crippen LogP contribution in [0.4, 0.5) is 5.69 Å². The molecule has 1 N–H and O–H groups in total. The number of rotatable bonds is 3. The van der Waals surface area contributed by atoms with Crippen LogP contribution in [0.25, 0.3) is 11.3 Å². The number of nitrogens with zero attached hydrogens (tertiary/aromatic N) is 3. The van der Waals surface area contributed by atoms with Gasteiger partial charge in [0.25, 0.3) is 0 Å². The van der Waals surface area contributed by atoms with Crippen molar-refractivity contribution in [1.29, 1.82) is 0 Å². The Morgan fingerprint density at radius 3 is 3.19 bits per heavy atom. The summed E-state index contributed by atoms with van der Waals surface area (Å²) in [6, 6.07) is 8.38. The SMILES string of the molecule is Cc1cc(Cn2cncc2-c2cccc3c2NCC3)on1. The molecule has 106 valence electrons. The van der Waals surface area contributed by atoms with Gasteiger partial charge in [0.2, 0.25) is 0 Å². The molecule has 0 atom stereocenters. The quantitative estimate of drug-likeness (QED) is 0.801. The molecule has 0 aliphatic carbocycles. The minimum absolute atomic E-state index is 0.639. The topological polar surface area (TPSA) is 55.9 Å². The lowest BCUT2D eigenvalue weighted by Crippen LogP contribution is -2.01. The van der Waals surface area contributed by atoms with E-state index in [-0.39, 0.29) is 0 Å². The van der Waals surface area contributed by atoms with Gasteiger partial charge in [0.15, 0.2) is 5.76 Å². The maximum Gasteiger partial charge on any atom is 0.156 e. The number of aryl methyl sites for hydroxylation is 1. The molecule has 3 aromatic rings. The van der Waals surface area contributed by atoms with Crippen LogP contribution in [-0.2, 0) is 13.0 Å². The van der Waals surface area contributed by atoms with Crippen molar-refractivity contribution in [2.24, 2.45) is 0 Å². The van der Waals surface area contributed by atoms with Crippen molar-refractivity contribution in [2.75, 3.05) is 11.9 Å². The van der Waals surface area contributed by atoms with E-state index in [1.807, 2.05) is 25.5 Å². The van der Waals surface area contributed by atoms with E-state index in [1.165, 1.54) is 16.8 Å². The van der Waals surface area contributed by atoms with Crippen molar-refractivity contribution in [3.05, 3.63) is 53.8 Å². The molecule has 0 radical (unpaired) electrons. The van der Waals surface area contributed by atoms with Crippen LogP contribution in [0.15, 0.2) is 41.3 Å². The van der Waals surface area contributed by atoms with Gasteiger partial charge in [-0.2, -0.15) is 0 Å². The van der Waals surface area contributed by atoms with Crippen LogP contribution in [0, 0.1) is 6.92 Å². The zero-order chi connectivity index (χ0) is 14.2. The van der Waals surface area contributed by atoms with E-state index >= 15 is 0 Å². The number of hydrogen-bond acceptors (Lipinski definition) is 4. The fourth-order valence-corrected chi connectivity index (χ4v) is 2.88. The molecule has 1 aliphatic rings. The molecule has 0 unspecified atom stereocenters. The zero-order valence-corrected chi connectivity index (χ0v) is 11.8. The Morgan fingerprint density at radius 1 is 1.38 bits per heavy atom. The molecule has 0 saturated heterocycles. The Morgan fingerprint density at radius 2 is 2.33 bits per heavy atom. The summed E-state index contributed by atoms with van der Waals surface area (Å²) in [5, 5.41) is 7.41. The van der Waals surface area contributed by atoms with Gasteiger partial charge in [-0.3, -0.25) is 0 Å². The smallest absolute Gasteiger partial charge is 0.156 e. The highest BCUT2D eigenvalue weighted by Crippen LogP contribution is 2.34. The first-order valence-corrected chi connectivity index (χ1v) is 7.10. The molecule has 0 amide bonds. The minimum Gasteiger partial charge on any atom is -0.384 e. The number of nitrogens with one attached hydrogen (secondary N) is 1. The highest BCUT2D eigenvalue weighted by atomic mass is 16.5. The molecule has 0 fully saturated rings. The van der Waals surface area contributed by atoms with Crippen molar-refractivity contribution in [1.82, 2.24) is 14.7 Å². The number of benzene rings is 1. The van der Waals surface area contributed by atoms with E-state index in [4.69, 9.17) is 4.52 Å². The third-order valence-electron chi connectivity index (χ3n) is 3.84. The van der Waals surface area contributed by atoms with E-state index in [0.717, 1.165) is 30.1 Å². The van der Waals surface area contributed by atoms with Gasteiger partial charge in [-0.25, -0.2) is 4.98 Å². The van der Waals surface area contributed by atoms with Crippen molar-refractivity contribution >= 4 is 5.69 Å². The number of aromatic nitrogens is 3. The van der Waals surface area contributed by atoms with Gasteiger partial charge in [0, 0.05) is 23.9 Å². The first-order valence-electron chi connectivity index (χ1n) is 7.10. The largest absolute Gasteiger partial charge is 0.384 e. The van der Waals surface area contributed by atoms with Gasteiger partial charge in [-0.15, -0.1) is 0 Å². The van der Waals surface area contributed by atoms with Crippen LogP contribution in [0.3, 0.4) is 0 Å². The van der Waals surface area contributed by atoms with E-state index < -0.39 is 0 Å². The Kier molecular flexibility index (Phi) is 2.77. The van der Waals surface area contributed by atoms with Gasteiger partial charge in [-0.1, -0.05) is 23.4 Å². The monoisotopic (exact) mass is 280 g/mol. The minimum atomic E-state index is 0.639. The summed E-state index contributed by atoms with van der Waals surface area (Å²) in [6.45, 7) is 3.57. The van der Waals surface area contributed by atoms with Gasteiger partial charge in [0.05, 0.1) is 30.5 Å². The number of fused-ring (bicyclic) bond motifs is 1. The van der Waals surface area contributed by atoms with Crippen molar-refractivity contribution < 1.29 is 4.52 Å². The number of hydrogen-bond donors (Lipinski definition) is 1. The standard InChI is InChI=1S/C16H16N4O/c1-11-7-13(21-19-11)9-20-10-17-8-15(20)14-4-2-3-12-5-6-18-16(12)14/h2-4,7-8,10,18H,5-6,9H2,1H3. The Labute approximate surface area is 122 Å². The second-order valence-corrected chi connectivity index (χ2v) is 5.36. The Balaban J connectivity index is 1.74. The summed E-state index contributed by atoms with van der Waals surface area (Å²) in [5.74, 6) is 0.840. The third-order valence-corrected chi connectivity index (χ3v) is 3.84. The molecule has 0 saturated carbocycles. The Hall–Kier alpha value is -2.56. The van der Waals surface area contributed by atoms with Gasteiger partial charge in [-0.05, 0) is 18.9 Å². The lowest BCUT2D eigenvalue weighted by Gasteiger charge is -2.11. The van der Waals surface area contributed by atoms with Crippen LogP contribution in [0.2, 0.25) is 0 Å². The predicted octanol–water partition coefficient (Wildman–Crippen LogP) is 2.86. The average Bonchev–Trinajstić information content (AvgIpc) is 3.19. The summed E-state index contributed by atoms with van der Waals surface area (Å²) < 4.78 is 7.40. The maximum absolute atomic E-state index is 5.31. The van der Waals surface area contributed by atoms with E-state index in [1.54, 1.807) is 0 Å². The first kappa shape index (κ1) is 12.2. The average molecular weight is 280 g/mol. The van der Waals surface area contributed by atoms with Crippen molar-refractivity contribution in [2.45, 2.75) is 19.9 Å². The highest BCUT2D eigenvalue weighted by Gasteiger charge is 2.17. The molecular formula is C16H16N4O. The summed E-state index contributed by atoms with van der Waals surface area (Å²) in [7, 11) is 0. The fourth-order valence-electron chi connectivity index (χ4n) is 2.88. The van der Waals surface area contributed by atoms with Crippen molar-refractivity contribution in [3.8, 4) is 11.3 Å². The van der Waals surface area contributed by atoms with E-state index in [0.29, 0.717) is 6.54 Å². The van der Waals surface area contributed by atoms with Crippen molar-refractivity contribution in [3.63, 3.8) is 0 Å². The molecule has 1 aromatic carbocycles. The third kappa shape index (κ3) is 2.11. The maximum atomic E-state index is 5.31. The second kappa shape index (κ2) is 4.77. The molecule has 5 nitrogen and oxygen atoms in total. The zero-order valence-electron chi connectivity index (χ0n) is 11.8. The van der Waals surface area contributed by atoms with Crippen LogP contribution in [0.5, 0.6) is 0 Å². The number of para-hydroxylation sites is 1. The van der Waals surface area contributed by atoms with E-state index in [2.05, 4.69) is 38.2 Å². The molecule has 2 aromatic heterocycles. The normalized spacial score (nSPS) is 13.2. The van der Waals surface area contributed by atoms with Gasteiger partial charge in [0.1, 0.15) is 0 Å². The molecule has 3 heterocycles. The molecular weight excluding hydrogens is 264 g/mol. The predicted molar refractivity (Wildman–Crippen MR) is 80.2 cm³/mol. The van der Waals surface area contributed by atoms with Gasteiger partial charge < -0.3 is 14.4 Å². The number of imidazole rings is 1. The second-order valence-electron chi connectivity index (χ2n) is 5.36. The lowest BCUT2D eigenvalue weighted by molar-refractivity contribution is 0.373. The lowest BCUT2D eigenvalue weighted by atomic mass is 10.1. The number of anilines is 1. The molecule has 5 heteroatoms. The molecule has 0 bridgehead atoms. The van der Waals surface area contributed by atoms with Crippen LogP contribution >= 0.6 is 0 Å². The highest BCUT2D eigenvalue weighted by molar-refractivity contribution is 5.79. The molecule has 0 spiro atoms. The van der Waals surface area contributed by atoms with Crippen LogP contribution < -0.4 is 5.32 Å². The van der Waals surface area contributed by atoms with Crippen LogP contribution in [-0.4, -0.2) is 21.3 Å². The first-order chi connectivity index (χ1) is 10.3. The summed E-state index contributed by atoms with van der Waals surface area (Å²) in [5.41, 5.74) is 5.78. The van der Waals surface area contributed by atoms with Crippen LogP contribution in [0.1, 0.15) is 17.0 Å². The molecule has 1 aliphatic heterocycles. The van der Waals surface area contributed by atoms with Gasteiger partial charge >= 0.3 is 0 Å². The summed E-state index contributed by atoms with van der Waals surface area (Å²) in [4.78, 5) is 4.30.